The fraction of sp³-hybridized carbons (Fsp3) is 0.273. The summed E-state index contributed by atoms with van der Waals surface area (Å²) in [6.45, 7) is 1.15. The van der Waals surface area contributed by atoms with E-state index in [0.717, 1.165) is 38.3 Å². The first-order valence-electron chi connectivity index (χ1n) is 14.6. The van der Waals surface area contributed by atoms with Crippen LogP contribution in [0.4, 0.5) is 8.78 Å². The van der Waals surface area contributed by atoms with Gasteiger partial charge in [-0.2, -0.15) is 24.3 Å². The number of amides is 1. The van der Waals surface area contributed by atoms with E-state index in [2.05, 4.69) is 37.8 Å². The number of alkyl halides is 2. The van der Waals surface area contributed by atoms with E-state index < -0.39 is 23.4 Å². The Morgan fingerprint density at radius 3 is 2.51 bits per heavy atom. The maximum Gasteiger partial charge on any atom is 2.00 e. The Labute approximate surface area is 300 Å². The molecule has 255 valence electrons. The molecule has 1 aliphatic rings. The normalized spacial score (nSPS) is 13.9. The first kappa shape index (κ1) is 37.6. The minimum atomic E-state index is -2.77. The van der Waals surface area contributed by atoms with Crippen LogP contribution in [0.1, 0.15) is 30.7 Å². The van der Waals surface area contributed by atoms with Crippen molar-refractivity contribution in [1.82, 2.24) is 34.7 Å². The summed E-state index contributed by atoms with van der Waals surface area (Å²) in [4.78, 5) is 47.1. The van der Waals surface area contributed by atoms with Gasteiger partial charge in [0, 0.05) is 55.9 Å². The second-order valence-electron chi connectivity index (χ2n) is 10.8. The number of aryl methyl sites for hydroxylation is 1. The first-order chi connectivity index (χ1) is 23.0. The molecule has 1 atom stereocenters. The molecule has 11 nitrogen and oxygen atoms in total. The predicted octanol–water partition coefficient (Wildman–Crippen LogP) is 4.66. The molecule has 1 radical (unpaired) electrons. The maximum absolute atomic E-state index is 12.5. The van der Waals surface area contributed by atoms with E-state index in [4.69, 9.17) is 27.9 Å². The van der Waals surface area contributed by atoms with Crippen LogP contribution in [0.15, 0.2) is 58.3 Å². The number of fused-ring (bicyclic) bond motifs is 1. The van der Waals surface area contributed by atoms with Crippen LogP contribution in [0.25, 0.3) is 33.3 Å². The largest absolute Gasteiger partial charge is 2.00 e. The number of benzene rings is 2. The van der Waals surface area contributed by atoms with Gasteiger partial charge in [0.2, 0.25) is 18.2 Å². The number of hydrogen-bond donors (Lipinski definition) is 2. The number of carbonyl (C=O) groups excluding carboxylic acids is 1. The molecule has 0 saturated carbocycles. The van der Waals surface area contributed by atoms with Crippen LogP contribution in [-0.4, -0.2) is 49.7 Å². The van der Waals surface area contributed by atoms with Crippen molar-refractivity contribution >= 4 is 40.0 Å². The molecule has 1 amide bonds. The number of hydrogen-bond acceptors (Lipinski definition) is 8. The van der Waals surface area contributed by atoms with Crippen molar-refractivity contribution in [3.05, 3.63) is 103 Å². The average molecular weight is 751 g/mol. The Morgan fingerprint density at radius 2 is 1.84 bits per heavy atom. The number of pyridine rings is 1. The fourth-order valence-electron chi connectivity index (χ4n) is 5.11. The van der Waals surface area contributed by atoms with Gasteiger partial charge in [0.15, 0.2) is 5.56 Å². The molecule has 0 spiro atoms. The van der Waals surface area contributed by atoms with Crippen LogP contribution in [0.3, 0.4) is 0 Å². The smallest absolute Gasteiger partial charge is 0.480 e. The second-order valence-corrected chi connectivity index (χ2v) is 11.5. The van der Waals surface area contributed by atoms with Crippen molar-refractivity contribution < 1.29 is 35.4 Å². The number of nitrogens with zero attached hydrogens (tertiary/aromatic N) is 5. The van der Waals surface area contributed by atoms with Crippen molar-refractivity contribution in [3.63, 3.8) is 0 Å². The summed E-state index contributed by atoms with van der Waals surface area (Å²) in [6, 6.07) is 15.4. The fourth-order valence-corrected chi connectivity index (χ4v) is 5.66. The zero-order valence-electron chi connectivity index (χ0n) is 26.4. The first-order valence-corrected chi connectivity index (χ1v) is 15.4. The van der Waals surface area contributed by atoms with Crippen LogP contribution in [0.2, 0.25) is 10.0 Å². The number of ether oxygens (including phenoxy) is 1. The standard InChI is InChI=1S/C23H21Cl2N4O2.C10H8F2N3O2.Mn/c1-31-23-20(12-26-11-14-9-10-21(30)28-14)27-13-19(29-23)17-7-4-6-16(22(17)25)15-5-2-3-8-18(15)24;1-14-7-3-6(8(11)12)13-4-5(7)9(16)15(2)10(14)17;/h2-7,13-14,26H,9-12H2,1H3,(H,28,30);3,8H,1-2H3;/q2*-1;+2. The molecule has 1 unspecified atom stereocenters. The van der Waals surface area contributed by atoms with Gasteiger partial charge in [-0.05, 0) is 23.5 Å². The van der Waals surface area contributed by atoms with E-state index >= 15 is 0 Å². The molecule has 3 aromatic heterocycles. The summed E-state index contributed by atoms with van der Waals surface area (Å²) in [5, 5.41) is 7.29. The average Bonchev–Trinajstić information content (AvgIpc) is 3.51. The Bertz CT molecular complexity index is 2110. The van der Waals surface area contributed by atoms with Crippen LogP contribution >= 0.6 is 23.2 Å². The summed E-state index contributed by atoms with van der Waals surface area (Å²) < 4.78 is 32.4. The molecule has 1 aliphatic heterocycles. The summed E-state index contributed by atoms with van der Waals surface area (Å²) >= 11 is 13.0. The van der Waals surface area contributed by atoms with Crippen molar-refractivity contribution in [2.75, 3.05) is 13.7 Å². The van der Waals surface area contributed by atoms with Crippen LogP contribution in [0.5, 0.6) is 5.88 Å². The molecule has 1 fully saturated rings. The zero-order chi connectivity index (χ0) is 34.5. The molecule has 2 N–H and O–H groups in total. The number of nitrogens with one attached hydrogen (secondary N) is 2. The van der Waals surface area contributed by atoms with Crippen molar-refractivity contribution in [1.29, 1.82) is 0 Å². The quantitative estimate of drug-likeness (QED) is 0.173. The van der Waals surface area contributed by atoms with Gasteiger partial charge in [-0.25, -0.2) is 18.6 Å². The van der Waals surface area contributed by atoms with E-state index in [-0.39, 0.29) is 39.9 Å². The molecular formula is C33H29Cl2F2MnN7O4. The van der Waals surface area contributed by atoms with E-state index in [0.29, 0.717) is 46.8 Å². The van der Waals surface area contributed by atoms with Gasteiger partial charge in [0.05, 0.1) is 19.0 Å². The van der Waals surface area contributed by atoms with Crippen molar-refractivity contribution in [3.8, 4) is 28.3 Å². The van der Waals surface area contributed by atoms with E-state index in [1.807, 2.05) is 30.3 Å². The summed E-state index contributed by atoms with van der Waals surface area (Å²) in [7, 11) is 4.26. The van der Waals surface area contributed by atoms with Crippen molar-refractivity contribution in [2.24, 2.45) is 14.1 Å². The van der Waals surface area contributed by atoms with Gasteiger partial charge in [-0.1, -0.05) is 46.5 Å². The molecular weight excluding hydrogens is 722 g/mol. The molecule has 49 heavy (non-hydrogen) atoms. The zero-order valence-corrected chi connectivity index (χ0v) is 29.1. The minimum Gasteiger partial charge on any atom is -0.480 e. The summed E-state index contributed by atoms with van der Waals surface area (Å²) in [5.74, 6) is 0.523. The molecule has 0 bridgehead atoms. The Hall–Kier alpha value is -4.20. The third-order valence-corrected chi connectivity index (χ3v) is 8.38. The Balaban J connectivity index is 0.000000255. The maximum atomic E-state index is 12.5. The number of carbonyl (C=O) groups is 1. The van der Waals surface area contributed by atoms with Gasteiger partial charge < -0.3 is 34.3 Å². The summed E-state index contributed by atoms with van der Waals surface area (Å²) in [6.07, 6.45) is 2.59. The summed E-state index contributed by atoms with van der Waals surface area (Å²) in [5.41, 5.74) is 2.03. The van der Waals surface area contributed by atoms with E-state index in [1.54, 1.807) is 19.4 Å². The SMILES string of the molecule is COc1nc(-c2cccc(-c3ccc[c-]c3Cl)c2Cl)cnc1CNCC1CCC(=O)N1.Cn1c(=O)c2[c-]nc(C(F)F)cc2n(C)c1=O.[Mn+2]. The number of aromatic nitrogens is 5. The third kappa shape index (κ3) is 8.34. The second kappa shape index (κ2) is 16.5. The predicted molar refractivity (Wildman–Crippen MR) is 177 cm³/mol. The van der Waals surface area contributed by atoms with E-state index in [9.17, 15) is 23.2 Å². The molecule has 2 aromatic carbocycles. The van der Waals surface area contributed by atoms with Crippen LogP contribution in [0, 0.1) is 12.3 Å². The Morgan fingerprint density at radius 1 is 1.10 bits per heavy atom. The molecule has 1 saturated heterocycles. The topological polar surface area (TPSA) is 133 Å². The molecule has 16 heteroatoms. The van der Waals surface area contributed by atoms with Gasteiger partial charge in [-0.3, -0.25) is 9.78 Å². The number of methoxy groups -OCH3 is 1. The van der Waals surface area contributed by atoms with Crippen LogP contribution < -0.4 is 26.6 Å². The molecule has 0 aliphatic carbocycles. The Kier molecular flexibility index (Phi) is 12.6. The number of halogens is 4. The van der Waals surface area contributed by atoms with Gasteiger partial charge >= 0.3 is 22.8 Å². The van der Waals surface area contributed by atoms with Crippen LogP contribution in [-0.2, 0) is 42.5 Å². The minimum absolute atomic E-state index is 0. The van der Waals surface area contributed by atoms with Gasteiger partial charge in [0.25, 0.3) is 0 Å². The molecule has 4 heterocycles. The van der Waals surface area contributed by atoms with E-state index in [1.165, 1.54) is 14.1 Å². The monoisotopic (exact) mass is 750 g/mol. The molecule has 5 aromatic rings. The van der Waals surface area contributed by atoms with Gasteiger partial charge in [0.1, 0.15) is 5.69 Å². The van der Waals surface area contributed by atoms with Crippen molar-refractivity contribution in [2.45, 2.75) is 31.9 Å². The van der Waals surface area contributed by atoms with Gasteiger partial charge in [-0.15, -0.1) is 17.2 Å². The third-order valence-electron chi connectivity index (χ3n) is 7.66. The number of rotatable bonds is 8. The molecule has 6 rings (SSSR count).